The fourth-order valence-corrected chi connectivity index (χ4v) is 2.17. The van der Waals surface area contributed by atoms with Crippen LogP contribution in [0.15, 0.2) is 65.5 Å². The Morgan fingerprint density at radius 3 is 2.11 bits per heavy atom. The maximum atomic E-state index is 12.3. The number of nitrogens with one attached hydrogen (secondary N) is 1. The van der Waals surface area contributed by atoms with Gasteiger partial charge in [0.05, 0.1) is 11.4 Å². The lowest BCUT2D eigenvalue weighted by atomic mass is 10.1. The van der Waals surface area contributed by atoms with Crippen molar-refractivity contribution in [2.75, 3.05) is 0 Å². The minimum atomic E-state index is -0.00921. The first-order valence-electron chi connectivity index (χ1n) is 6.20. The van der Waals surface area contributed by atoms with Crippen molar-refractivity contribution in [2.24, 2.45) is 0 Å². The van der Waals surface area contributed by atoms with Gasteiger partial charge in [-0.05, 0) is 24.6 Å². The molecule has 0 saturated carbocycles. The van der Waals surface area contributed by atoms with E-state index in [1.165, 1.54) is 0 Å². The zero-order valence-electron chi connectivity index (χ0n) is 10.6. The van der Waals surface area contributed by atoms with Crippen LogP contribution in [0.1, 0.15) is 5.56 Å². The molecule has 0 fully saturated rings. The van der Waals surface area contributed by atoms with Crippen molar-refractivity contribution in [3.05, 3.63) is 76.6 Å². The molecule has 1 aromatic heterocycles. The maximum Gasteiger partial charge on any atom is 0.274 e. The Bertz CT molecular complexity index is 739. The maximum absolute atomic E-state index is 12.3. The van der Waals surface area contributed by atoms with E-state index in [0.29, 0.717) is 0 Å². The molecule has 3 rings (SSSR count). The second-order valence-corrected chi connectivity index (χ2v) is 4.45. The lowest BCUT2D eigenvalue weighted by Crippen LogP contribution is -2.15. The van der Waals surface area contributed by atoms with Gasteiger partial charge in [-0.3, -0.25) is 9.89 Å². The van der Waals surface area contributed by atoms with Crippen LogP contribution in [0, 0.1) is 6.92 Å². The number of hydrogen-bond donors (Lipinski definition) is 1. The third-order valence-electron chi connectivity index (χ3n) is 3.20. The highest BCUT2D eigenvalue weighted by Crippen LogP contribution is 2.19. The Morgan fingerprint density at radius 2 is 1.47 bits per heavy atom. The standard InChI is InChI=1S/C16H14N2O/c1-12-15(13-8-4-2-5-9-13)17-18(16(12)19)14-10-6-3-7-11-14/h2-11,17H,1H3. The van der Waals surface area contributed by atoms with Gasteiger partial charge in [-0.25, -0.2) is 4.68 Å². The van der Waals surface area contributed by atoms with Gasteiger partial charge in [0, 0.05) is 5.56 Å². The van der Waals surface area contributed by atoms with Crippen molar-refractivity contribution in [1.82, 2.24) is 9.78 Å². The van der Waals surface area contributed by atoms with E-state index in [4.69, 9.17) is 0 Å². The average Bonchev–Trinajstić information content (AvgIpc) is 2.77. The van der Waals surface area contributed by atoms with Gasteiger partial charge in [0.1, 0.15) is 0 Å². The highest BCUT2D eigenvalue weighted by molar-refractivity contribution is 5.62. The number of rotatable bonds is 2. The summed E-state index contributed by atoms with van der Waals surface area (Å²) in [4.78, 5) is 12.3. The lowest BCUT2D eigenvalue weighted by molar-refractivity contribution is 0.851. The number of aromatic amines is 1. The fraction of sp³-hybridized carbons (Fsp3) is 0.0625. The van der Waals surface area contributed by atoms with Gasteiger partial charge in [0.15, 0.2) is 0 Å². The van der Waals surface area contributed by atoms with Crippen LogP contribution in [0.25, 0.3) is 16.9 Å². The van der Waals surface area contributed by atoms with Crippen LogP contribution in [0.5, 0.6) is 0 Å². The molecule has 0 aliphatic carbocycles. The van der Waals surface area contributed by atoms with Crippen molar-refractivity contribution in [1.29, 1.82) is 0 Å². The summed E-state index contributed by atoms with van der Waals surface area (Å²) < 4.78 is 1.58. The molecule has 0 aliphatic heterocycles. The normalized spacial score (nSPS) is 10.6. The Morgan fingerprint density at radius 1 is 0.895 bits per heavy atom. The topological polar surface area (TPSA) is 37.8 Å². The zero-order valence-corrected chi connectivity index (χ0v) is 10.6. The van der Waals surface area contributed by atoms with E-state index in [2.05, 4.69) is 5.10 Å². The second kappa shape index (κ2) is 4.61. The molecule has 0 radical (unpaired) electrons. The van der Waals surface area contributed by atoms with E-state index < -0.39 is 0 Å². The first-order chi connectivity index (χ1) is 9.27. The number of nitrogens with zero attached hydrogens (tertiary/aromatic N) is 1. The summed E-state index contributed by atoms with van der Waals surface area (Å²) in [7, 11) is 0. The average molecular weight is 250 g/mol. The zero-order chi connectivity index (χ0) is 13.2. The van der Waals surface area contributed by atoms with Crippen LogP contribution in [0.2, 0.25) is 0 Å². The smallest absolute Gasteiger partial charge is 0.274 e. The molecule has 3 nitrogen and oxygen atoms in total. The van der Waals surface area contributed by atoms with Gasteiger partial charge in [-0.2, -0.15) is 0 Å². The van der Waals surface area contributed by atoms with Gasteiger partial charge >= 0.3 is 0 Å². The molecule has 3 aromatic rings. The monoisotopic (exact) mass is 250 g/mol. The van der Waals surface area contributed by atoms with E-state index in [1.54, 1.807) is 4.68 Å². The van der Waals surface area contributed by atoms with Crippen LogP contribution < -0.4 is 5.56 Å². The SMILES string of the molecule is Cc1c(-c2ccccc2)[nH]n(-c2ccccc2)c1=O. The first-order valence-corrected chi connectivity index (χ1v) is 6.20. The molecular weight excluding hydrogens is 236 g/mol. The molecule has 0 saturated heterocycles. The quantitative estimate of drug-likeness (QED) is 0.745. The number of para-hydroxylation sites is 1. The van der Waals surface area contributed by atoms with Crippen LogP contribution in [0.4, 0.5) is 0 Å². The molecule has 3 heteroatoms. The minimum Gasteiger partial charge on any atom is -0.290 e. The summed E-state index contributed by atoms with van der Waals surface area (Å²) in [5.74, 6) is 0. The number of benzene rings is 2. The van der Waals surface area contributed by atoms with Crippen molar-refractivity contribution in [2.45, 2.75) is 6.92 Å². The Kier molecular flexibility index (Phi) is 2.80. The van der Waals surface area contributed by atoms with Gasteiger partial charge in [0.2, 0.25) is 0 Å². The van der Waals surface area contributed by atoms with E-state index in [0.717, 1.165) is 22.5 Å². The van der Waals surface area contributed by atoms with E-state index >= 15 is 0 Å². The number of aromatic nitrogens is 2. The first kappa shape index (κ1) is 11.5. The molecule has 0 aliphatic rings. The summed E-state index contributed by atoms with van der Waals surface area (Å²) >= 11 is 0. The summed E-state index contributed by atoms with van der Waals surface area (Å²) in [5.41, 5.74) is 3.46. The van der Waals surface area contributed by atoms with Crippen LogP contribution in [0.3, 0.4) is 0 Å². The summed E-state index contributed by atoms with van der Waals surface area (Å²) in [6.07, 6.45) is 0. The number of hydrogen-bond acceptors (Lipinski definition) is 1. The van der Waals surface area contributed by atoms with E-state index in [1.807, 2.05) is 67.6 Å². The predicted molar refractivity (Wildman–Crippen MR) is 76.6 cm³/mol. The molecule has 1 N–H and O–H groups in total. The molecule has 0 atom stereocenters. The Labute approximate surface area is 111 Å². The van der Waals surface area contributed by atoms with Crippen LogP contribution in [-0.2, 0) is 0 Å². The third-order valence-corrected chi connectivity index (χ3v) is 3.20. The van der Waals surface area contributed by atoms with Crippen LogP contribution >= 0.6 is 0 Å². The van der Waals surface area contributed by atoms with Gasteiger partial charge in [-0.1, -0.05) is 48.5 Å². The molecular formula is C16H14N2O. The lowest BCUT2D eigenvalue weighted by Gasteiger charge is -2.01. The van der Waals surface area contributed by atoms with E-state index in [-0.39, 0.29) is 5.56 Å². The summed E-state index contributed by atoms with van der Waals surface area (Å²) in [6.45, 7) is 1.85. The summed E-state index contributed by atoms with van der Waals surface area (Å²) in [6, 6.07) is 19.5. The van der Waals surface area contributed by atoms with Gasteiger partial charge in [-0.15, -0.1) is 0 Å². The molecule has 0 amide bonds. The number of H-pyrrole nitrogens is 1. The molecule has 2 aromatic carbocycles. The fourth-order valence-electron chi connectivity index (χ4n) is 2.17. The summed E-state index contributed by atoms with van der Waals surface area (Å²) in [5, 5.41) is 3.19. The largest absolute Gasteiger partial charge is 0.290 e. The highest BCUT2D eigenvalue weighted by atomic mass is 16.1. The van der Waals surface area contributed by atoms with Crippen LogP contribution in [-0.4, -0.2) is 9.78 Å². The molecule has 0 spiro atoms. The van der Waals surface area contributed by atoms with Crippen molar-refractivity contribution in [3.63, 3.8) is 0 Å². The Hall–Kier alpha value is -2.55. The molecule has 0 unspecified atom stereocenters. The third kappa shape index (κ3) is 1.99. The molecule has 94 valence electrons. The minimum absolute atomic E-state index is 0.00921. The van der Waals surface area contributed by atoms with Crippen molar-refractivity contribution >= 4 is 0 Å². The second-order valence-electron chi connectivity index (χ2n) is 4.45. The van der Waals surface area contributed by atoms with E-state index in [9.17, 15) is 4.79 Å². The predicted octanol–water partition coefficient (Wildman–Crippen LogP) is 3.14. The molecule has 0 bridgehead atoms. The highest BCUT2D eigenvalue weighted by Gasteiger charge is 2.12. The van der Waals surface area contributed by atoms with Gasteiger partial charge in [0.25, 0.3) is 5.56 Å². The van der Waals surface area contributed by atoms with Gasteiger partial charge < -0.3 is 0 Å². The molecule has 19 heavy (non-hydrogen) atoms. The molecule has 1 heterocycles. The van der Waals surface area contributed by atoms with Crippen molar-refractivity contribution in [3.8, 4) is 16.9 Å². The van der Waals surface area contributed by atoms with Crippen molar-refractivity contribution < 1.29 is 0 Å². The Balaban J connectivity index is 2.19.